The fourth-order valence-electron chi connectivity index (χ4n) is 12.8. The minimum atomic E-state index is -5.30. The minimum absolute atomic E-state index is 0.227. The van der Waals surface area contributed by atoms with Crippen LogP contribution < -0.4 is 37.9 Å². The fourth-order valence-corrected chi connectivity index (χ4v) is 17.5. The number of ether oxygens (including phenoxy) is 8. The molecule has 560 valence electrons. The van der Waals surface area contributed by atoms with Gasteiger partial charge in [-0.2, -0.15) is 67.3 Å². The molecule has 0 unspecified atom stereocenters. The van der Waals surface area contributed by atoms with E-state index in [9.17, 15) is 104 Å². The predicted molar refractivity (Wildman–Crippen MR) is 365 cm³/mol. The Morgan fingerprint density at radius 3 is 0.288 bits per heavy atom. The lowest BCUT2D eigenvalue weighted by atomic mass is 9.91. The molecule has 1 aliphatic carbocycles. The molecule has 104 heavy (non-hydrogen) atoms. The van der Waals surface area contributed by atoms with Gasteiger partial charge in [-0.3, -0.25) is 36.4 Å². The standard InChI is InChI=1S/C64H64O32S8/c1-89-57-33-9-35-19-50(98(68,69)70)21-37(58(35)90-2)11-39-23-52(100(74,75)76)25-41(60(39)92-4)13-43-27-54(102(80,81)82)29-45(62(43)94-6)15-47-31-56(104(86,87)88)32-48(64(47)96-8)16-46-30-55(103(83,84)85)28-44(63(46)95-7)14-42-26-53(101(77,78)79)24-40(61(42)93-5)12-38-22-51(99(71,72)73)20-36(59(38)91-3)10-34(57)18-49(17-33)97(65,66)67/h17-32H,9-16H2,1-8H3,(H,65,66,67)(H,68,69,70)(H,71,72,73)(H,74,75,76)(H,77,78,79)(H,80,81,82)(H,83,84,85)(H,86,87,88). The Balaban J connectivity index is 1.43. The molecule has 0 atom stereocenters. The first kappa shape index (κ1) is 79.6. The van der Waals surface area contributed by atoms with E-state index in [0.717, 1.165) is 154 Å². The zero-order valence-electron chi connectivity index (χ0n) is 55.5. The molecule has 0 heterocycles. The van der Waals surface area contributed by atoms with E-state index in [2.05, 4.69) is 0 Å². The van der Waals surface area contributed by atoms with Crippen molar-refractivity contribution >= 4 is 80.9 Å². The molecule has 9 rings (SSSR count). The van der Waals surface area contributed by atoms with Gasteiger partial charge in [0.1, 0.15) is 46.0 Å². The first-order valence-corrected chi connectivity index (χ1v) is 41.1. The molecule has 16 bridgehead atoms. The summed E-state index contributed by atoms with van der Waals surface area (Å²) >= 11 is 0. The average molecular weight is 1600 g/mol. The van der Waals surface area contributed by atoms with E-state index in [1.165, 1.54) is 0 Å². The lowest BCUT2D eigenvalue weighted by Gasteiger charge is -2.22. The molecule has 32 nitrogen and oxygen atoms in total. The van der Waals surface area contributed by atoms with Gasteiger partial charge in [0.2, 0.25) is 0 Å². The molecule has 8 N–H and O–H groups in total. The number of hydrogen-bond acceptors (Lipinski definition) is 24. The van der Waals surface area contributed by atoms with Gasteiger partial charge in [-0.15, -0.1) is 0 Å². The van der Waals surface area contributed by atoms with Gasteiger partial charge in [0.25, 0.3) is 80.9 Å². The molecule has 0 amide bonds. The number of hydrogen-bond donors (Lipinski definition) is 8. The third-order valence-corrected chi connectivity index (χ3v) is 23.4. The van der Waals surface area contributed by atoms with Crippen molar-refractivity contribution in [3.63, 3.8) is 0 Å². The summed E-state index contributed by atoms with van der Waals surface area (Å²) in [5.41, 5.74) is -3.64. The molecule has 1 aliphatic rings. The largest absolute Gasteiger partial charge is 0.496 e. The molecular formula is C64H64O32S8. The Labute approximate surface area is 598 Å². The summed E-state index contributed by atoms with van der Waals surface area (Å²) in [5.74, 6) is -2.16. The minimum Gasteiger partial charge on any atom is -0.496 e. The van der Waals surface area contributed by atoms with Crippen LogP contribution in [0.5, 0.6) is 46.0 Å². The van der Waals surface area contributed by atoms with E-state index in [-0.39, 0.29) is 135 Å². The normalized spacial score (nSPS) is 13.7. The molecule has 0 saturated heterocycles. The van der Waals surface area contributed by atoms with Gasteiger partial charge in [0, 0.05) is 140 Å². The maximum Gasteiger partial charge on any atom is 0.294 e. The van der Waals surface area contributed by atoms with Crippen molar-refractivity contribution in [2.75, 3.05) is 56.9 Å². The quantitative estimate of drug-likeness (QED) is 0.0462. The molecular weight excluding hydrogens is 1540 g/mol. The SMILES string of the molecule is COc1c2cc(S(=O)(=O)O)cc1Cc1cc(S(=O)(=O)O)cc(c1OC)Cc1cc(S(=O)(=O)O)cc(c1OC)Cc1cc(S(=O)(=O)O)cc(c1OC)Cc1cc(S(=O)(=O)O)cc(c1OC)Cc1cc(S(=O)(=O)O)cc(c1OC)Cc1cc(S(=O)(=O)O)cc(c1OC)Cc1cc(S(=O)(=O)O)cc(c1OC)C2. The van der Waals surface area contributed by atoms with Gasteiger partial charge < -0.3 is 37.9 Å². The highest BCUT2D eigenvalue weighted by atomic mass is 32.2. The highest BCUT2D eigenvalue weighted by Crippen LogP contribution is 2.45. The summed E-state index contributed by atoms with van der Waals surface area (Å²) in [7, 11) is -33.6. The number of fused-ring (bicyclic) bond motifs is 16. The van der Waals surface area contributed by atoms with Crippen LogP contribution in [-0.4, -0.2) is 161 Å². The van der Waals surface area contributed by atoms with Gasteiger partial charge in [-0.05, 0) is 97.1 Å². The number of methoxy groups -OCH3 is 8. The van der Waals surface area contributed by atoms with Gasteiger partial charge in [0.15, 0.2) is 0 Å². The van der Waals surface area contributed by atoms with Crippen molar-refractivity contribution < 1.29 is 142 Å². The Morgan fingerprint density at radius 1 is 0.173 bits per heavy atom. The molecule has 8 aromatic rings. The predicted octanol–water partition coefficient (Wildman–Crippen LogP) is 6.77. The summed E-state index contributed by atoms with van der Waals surface area (Å²) < 4.78 is 346. The maximum atomic E-state index is 13.3. The highest BCUT2D eigenvalue weighted by molar-refractivity contribution is 7.87. The number of benzene rings is 8. The van der Waals surface area contributed by atoms with Crippen LogP contribution in [0.15, 0.2) is 136 Å². The summed E-state index contributed by atoms with van der Waals surface area (Å²) in [4.78, 5) is -6.96. The molecule has 0 radical (unpaired) electrons. The Hall–Kier alpha value is -8.56. The van der Waals surface area contributed by atoms with Crippen molar-refractivity contribution in [1.82, 2.24) is 0 Å². The van der Waals surface area contributed by atoms with Crippen molar-refractivity contribution in [2.45, 2.75) is 90.5 Å². The first-order chi connectivity index (χ1) is 48.2. The number of rotatable bonds is 16. The van der Waals surface area contributed by atoms with Gasteiger partial charge in [0.05, 0.1) is 96.0 Å². The van der Waals surface area contributed by atoms with Gasteiger partial charge in [-0.25, -0.2) is 0 Å². The van der Waals surface area contributed by atoms with Crippen LogP contribution in [-0.2, 0) is 132 Å². The zero-order valence-corrected chi connectivity index (χ0v) is 62.1. The smallest absolute Gasteiger partial charge is 0.294 e. The second-order valence-corrected chi connectivity index (χ2v) is 34.8. The molecule has 0 saturated carbocycles. The van der Waals surface area contributed by atoms with E-state index in [1.807, 2.05) is 0 Å². The van der Waals surface area contributed by atoms with Crippen LogP contribution in [0.2, 0.25) is 0 Å². The van der Waals surface area contributed by atoms with Crippen LogP contribution in [0.3, 0.4) is 0 Å². The van der Waals surface area contributed by atoms with E-state index in [4.69, 9.17) is 37.9 Å². The summed E-state index contributed by atoms with van der Waals surface area (Å²) in [6.45, 7) is 0. The second kappa shape index (κ2) is 29.4. The molecule has 0 aliphatic heterocycles. The zero-order chi connectivity index (χ0) is 77.1. The summed E-state index contributed by atoms with van der Waals surface area (Å²) in [5, 5.41) is 0. The van der Waals surface area contributed by atoms with Crippen molar-refractivity contribution in [1.29, 1.82) is 0 Å². The van der Waals surface area contributed by atoms with Crippen molar-refractivity contribution in [3.05, 3.63) is 186 Å². The third-order valence-electron chi connectivity index (χ3n) is 16.8. The second-order valence-electron chi connectivity index (χ2n) is 23.4. The van der Waals surface area contributed by atoms with E-state index in [0.29, 0.717) is 0 Å². The Kier molecular flexibility index (Phi) is 22.5. The summed E-state index contributed by atoms with van der Waals surface area (Å²) in [6, 6.07) is 14.3. The lowest BCUT2D eigenvalue weighted by Crippen LogP contribution is -2.11. The van der Waals surface area contributed by atoms with E-state index in [1.54, 1.807) is 0 Å². The third kappa shape index (κ3) is 17.2. The van der Waals surface area contributed by atoms with Crippen LogP contribution >= 0.6 is 0 Å². The molecule has 0 spiro atoms. The topological polar surface area (TPSA) is 509 Å². The van der Waals surface area contributed by atoms with Crippen molar-refractivity contribution in [2.24, 2.45) is 0 Å². The van der Waals surface area contributed by atoms with Crippen LogP contribution in [0.1, 0.15) is 89.0 Å². The Morgan fingerprint density at radius 2 is 0.240 bits per heavy atom. The fraction of sp³-hybridized carbons (Fsp3) is 0.250. The lowest BCUT2D eigenvalue weighted by molar-refractivity contribution is 0.395. The van der Waals surface area contributed by atoms with Crippen LogP contribution in [0.4, 0.5) is 0 Å². The first-order valence-electron chi connectivity index (χ1n) is 29.6. The van der Waals surface area contributed by atoms with Crippen LogP contribution in [0.25, 0.3) is 0 Å². The molecule has 40 heteroatoms. The monoisotopic (exact) mass is 1600 g/mol. The molecule has 0 aromatic heterocycles. The average Bonchev–Trinajstić information content (AvgIpc) is 0.773. The molecule has 8 aromatic carbocycles. The maximum absolute atomic E-state index is 13.3. The Bertz CT molecular complexity index is 4580. The van der Waals surface area contributed by atoms with Crippen LogP contribution in [0, 0.1) is 0 Å². The highest BCUT2D eigenvalue weighted by Gasteiger charge is 2.32. The van der Waals surface area contributed by atoms with Gasteiger partial charge >= 0.3 is 0 Å². The van der Waals surface area contributed by atoms with Crippen molar-refractivity contribution in [3.8, 4) is 46.0 Å². The van der Waals surface area contributed by atoms with E-state index < -0.39 is 171 Å². The summed E-state index contributed by atoms with van der Waals surface area (Å²) in [6.07, 6.45) is -5.45. The molecule has 0 fully saturated rings. The van der Waals surface area contributed by atoms with Gasteiger partial charge in [-0.1, -0.05) is 0 Å². The van der Waals surface area contributed by atoms with E-state index >= 15 is 0 Å².